The molecule has 0 aliphatic heterocycles. The van der Waals surface area contributed by atoms with Crippen LogP contribution in [0.3, 0.4) is 0 Å². The second-order valence-electron chi connectivity index (χ2n) is 6.09. The van der Waals surface area contributed by atoms with Crippen molar-refractivity contribution >= 4 is 17.0 Å². The van der Waals surface area contributed by atoms with Crippen molar-refractivity contribution in [3.63, 3.8) is 0 Å². The van der Waals surface area contributed by atoms with Gasteiger partial charge in [-0.3, -0.25) is 4.79 Å². The van der Waals surface area contributed by atoms with Crippen molar-refractivity contribution in [1.82, 2.24) is 20.4 Å². The highest BCUT2D eigenvalue weighted by molar-refractivity contribution is 5.93. The molecule has 128 valence electrons. The number of rotatable bonds is 5. The Balaban J connectivity index is 1.55. The smallest absolute Gasteiger partial charge is 0.265 e. The molecular formula is C18H18N4O3. The second-order valence-corrected chi connectivity index (χ2v) is 6.09. The summed E-state index contributed by atoms with van der Waals surface area (Å²) in [5.74, 6) is 0.156. The first kappa shape index (κ1) is 15.6. The fourth-order valence-electron chi connectivity index (χ4n) is 3.14. The topological polar surface area (TPSA) is 90.1 Å². The quantitative estimate of drug-likeness (QED) is 0.769. The van der Waals surface area contributed by atoms with Crippen molar-refractivity contribution in [3.8, 4) is 17.1 Å². The van der Waals surface area contributed by atoms with Crippen LogP contribution in [0.4, 0.5) is 0 Å². The lowest BCUT2D eigenvalue weighted by molar-refractivity contribution is -0.123. The number of aromatic nitrogens is 3. The van der Waals surface area contributed by atoms with E-state index in [2.05, 4.69) is 20.4 Å². The minimum atomic E-state index is -0.142. The average Bonchev–Trinajstić information content (AvgIpc) is 3.30. The molecule has 4 rings (SSSR count). The fourth-order valence-corrected chi connectivity index (χ4v) is 3.14. The Morgan fingerprint density at radius 2 is 2.00 bits per heavy atom. The molecular weight excluding hydrogens is 320 g/mol. The zero-order valence-corrected chi connectivity index (χ0v) is 13.6. The first-order valence-corrected chi connectivity index (χ1v) is 8.39. The maximum Gasteiger partial charge on any atom is 0.265 e. The first-order valence-electron chi connectivity index (χ1n) is 8.39. The number of ether oxygens (including phenoxy) is 1. The van der Waals surface area contributed by atoms with Crippen LogP contribution in [0.2, 0.25) is 0 Å². The molecule has 0 radical (unpaired) electrons. The molecule has 3 aromatic rings. The van der Waals surface area contributed by atoms with Gasteiger partial charge in [-0.2, -0.15) is 4.98 Å². The molecule has 25 heavy (non-hydrogen) atoms. The Labute approximate surface area is 144 Å². The van der Waals surface area contributed by atoms with Gasteiger partial charge in [-0.1, -0.05) is 48.3 Å². The number of hydrogen-bond acceptors (Lipinski definition) is 6. The van der Waals surface area contributed by atoms with E-state index < -0.39 is 0 Å². The Hall–Kier alpha value is -2.96. The van der Waals surface area contributed by atoms with E-state index in [1.165, 1.54) is 19.2 Å². The van der Waals surface area contributed by atoms with Gasteiger partial charge in [-0.25, -0.2) is 4.98 Å². The van der Waals surface area contributed by atoms with Gasteiger partial charge in [0.1, 0.15) is 17.4 Å². The highest BCUT2D eigenvalue weighted by atomic mass is 16.5. The lowest BCUT2D eigenvalue weighted by Gasteiger charge is -2.12. The summed E-state index contributed by atoms with van der Waals surface area (Å²) in [4.78, 5) is 20.3. The number of carbonyl (C=O) groups excluding carboxylic acids is 1. The van der Waals surface area contributed by atoms with Crippen molar-refractivity contribution in [2.24, 2.45) is 0 Å². The summed E-state index contributed by atoms with van der Waals surface area (Å²) in [6.45, 7) is -0.0952. The van der Waals surface area contributed by atoms with Crippen LogP contribution in [0.5, 0.6) is 5.88 Å². The molecule has 1 aliphatic carbocycles. The average molecular weight is 338 g/mol. The number of nitrogens with zero attached hydrogens (tertiary/aromatic N) is 3. The largest absolute Gasteiger partial charge is 0.467 e. The fraction of sp³-hybridized carbons (Fsp3) is 0.333. The molecule has 7 heteroatoms. The maximum absolute atomic E-state index is 12.1. The van der Waals surface area contributed by atoms with Gasteiger partial charge in [-0.15, -0.1) is 0 Å². The van der Waals surface area contributed by atoms with Crippen molar-refractivity contribution in [1.29, 1.82) is 0 Å². The van der Waals surface area contributed by atoms with Crippen LogP contribution in [0.25, 0.3) is 22.4 Å². The molecule has 0 atom stereocenters. The predicted molar refractivity (Wildman–Crippen MR) is 90.9 cm³/mol. The van der Waals surface area contributed by atoms with Gasteiger partial charge in [0.05, 0.1) is 0 Å². The Morgan fingerprint density at radius 1 is 1.20 bits per heavy atom. The highest BCUT2D eigenvalue weighted by Gasteiger charge is 2.20. The summed E-state index contributed by atoms with van der Waals surface area (Å²) >= 11 is 0. The number of amides is 1. The summed E-state index contributed by atoms with van der Waals surface area (Å²) in [5, 5.41) is 7.64. The molecule has 0 bridgehead atoms. The molecule has 1 N–H and O–H groups in total. The lowest BCUT2D eigenvalue weighted by atomic mass is 10.1. The molecule has 0 saturated heterocycles. The molecule has 1 saturated carbocycles. The summed E-state index contributed by atoms with van der Waals surface area (Å²) < 4.78 is 10.9. The van der Waals surface area contributed by atoms with Crippen molar-refractivity contribution in [2.45, 2.75) is 31.7 Å². The van der Waals surface area contributed by atoms with Crippen LogP contribution in [-0.2, 0) is 4.79 Å². The van der Waals surface area contributed by atoms with Crippen LogP contribution in [0, 0.1) is 0 Å². The zero-order valence-electron chi connectivity index (χ0n) is 13.6. The van der Waals surface area contributed by atoms with E-state index in [1.807, 2.05) is 30.3 Å². The SMILES string of the molecule is O=C(COc1ncnc2onc(-c3ccccc3)c12)NC1CCCC1. The first-order chi connectivity index (χ1) is 12.3. The van der Waals surface area contributed by atoms with Gasteiger partial charge in [0.25, 0.3) is 11.6 Å². The summed E-state index contributed by atoms with van der Waals surface area (Å²) in [5.41, 5.74) is 1.80. The molecule has 1 fully saturated rings. The molecule has 0 spiro atoms. The standard InChI is InChI=1S/C18H18N4O3/c23-14(21-13-8-4-5-9-13)10-24-17-15-16(12-6-2-1-3-7-12)22-25-18(15)20-11-19-17/h1-3,6-7,11,13H,4-5,8-10H2,(H,21,23). The minimum Gasteiger partial charge on any atom is -0.467 e. The lowest BCUT2D eigenvalue weighted by Crippen LogP contribution is -2.36. The predicted octanol–water partition coefficient (Wildman–Crippen LogP) is 2.72. The van der Waals surface area contributed by atoms with E-state index in [1.54, 1.807) is 0 Å². The Kier molecular flexibility index (Phi) is 4.28. The third-order valence-electron chi connectivity index (χ3n) is 4.35. The van der Waals surface area contributed by atoms with Gasteiger partial charge in [0.2, 0.25) is 5.88 Å². The molecule has 2 heterocycles. The van der Waals surface area contributed by atoms with E-state index in [9.17, 15) is 4.79 Å². The zero-order chi connectivity index (χ0) is 17.1. The van der Waals surface area contributed by atoms with Gasteiger partial charge in [-0.05, 0) is 12.8 Å². The van der Waals surface area contributed by atoms with Crippen molar-refractivity contribution in [2.75, 3.05) is 6.61 Å². The molecule has 7 nitrogen and oxygen atoms in total. The van der Waals surface area contributed by atoms with E-state index >= 15 is 0 Å². The molecule has 1 aromatic carbocycles. The number of benzene rings is 1. The number of hydrogen-bond donors (Lipinski definition) is 1. The van der Waals surface area contributed by atoms with Crippen LogP contribution in [-0.4, -0.2) is 33.7 Å². The monoisotopic (exact) mass is 338 g/mol. The number of nitrogens with one attached hydrogen (secondary N) is 1. The van der Waals surface area contributed by atoms with E-state index in [0.29, 0.717) is 22.7 Å². The van der Waals surface area contributed by atoms with Gasteiger partial charge < -0.3 is 14.6 Å². The van der Waals surface area contributed by atoms with Crippen molar-refractivity contribution < 1.29 is 14.1 Å². The van der Waals surface area contributed by atoms with Gasteiger partial charge >= 0.3 is 0 Å². The molecule has 1 amide bonds. The van der Waals surface area contributed by atoms with Crippen molar-refractivity contribution in [3.05, 3.63) is 36.7 Å². The van der Waals surface area contributed by atoms with Crippen LogP contribution in [0.15, 0.2) is 41.2 Å². The minimum absolute atomic E-state index is 0.0952. The van der Waals surface area contributed by atoms with E-state index in [4.69, 9.17) is 9.26 Å². The Morgan fingerprint density at radius 3 is 2.80 bits per heavy atom. The normalized spacial score (nSPS) is 14.7. The molecule has 0 unspecified atom stereocenters. The summed E-state index contributed by atoms with van der Waals surface area (Å²) in [6, 6.07) is 9.84. The molecule has 2 aromatic heterocycles. The van der Waals surface area contributed by atoms with Crippen LogP contribution in [0.1, 0.15) is 25.7 Å². The third-order valence-corrected chi connectivity index (χ3v) is 4.35. The molecule has 1 aliphatic rings. The van der Waals surface area contributed by atoms with Gasteiger partial charge in [0.15, 0.2) is 6.61 Å². The van der Waals surface area contributed by atoms with Crippen LogP contribution >= 0.6 is 0 Å². The second kappa shape index (κ2) is 6.88. The summed E-state index contributed by atoms with van der Waals surface area (Å²) in [6.07, 6.45) is 5.74. The Bertz CT molecular complexity index is 872. The summed E-state index contributed by atoms with van der Waals surface area (Å²) in [7, 11) is 0. The van der Waals surface area contributed by atoms with E-state index in [-0.39, 0.29) is 18.6 Å². The maximum atomic E-state index is 12.1. The highest BCUT2D eigenvalue weighted by Crippen LogP contribution is 2.32. The third kappa shape index (κ3) is 3.31. The van der Waals surface area contributed by atoms with E-state index in [0.717, 1.165) is 18.4 Å². The number of fused-ring (bicyclic) bond motifs is 1. The van der Waals surface area contributed by atoms with Crippen LogP contribution < -0.4 is 10.1 Å². The number of carbonyl (C=O) groups is 1. The van der Waals surface area contributed by atoms with Gasteiger partial charge in [0, 0.05) is 11.6 Å².